The minimum atomic E-state index is -0.763. The van der Waals surface area contributed by atoms with Gasteiger partial charge in [0.15, 0.2) is 0 Å². The van der Waals surface area contributed by atoms with E-state index in [9.17, 15) is 4.79 Å². The van der Waals surface area contributed by atoms with Gasteiger partial charge in [-0.15, -0.1) is 0 Å². The molecule has 0 unspecified atom stereocenters. The van der Waals surface area contributed by atoms with E-state index in [0.29, 0.717) is 0 Å². The lowest BCUT2D eigenvalue weighted by Gasteiger charge is -2.46. The van der Waals surface area contributed by atoms with Crippen LogP contribution in [0.3, 0.4) is 0 Å². The molecule has 0 saturated carbocycles. The van der Waals surface area contributed by atoms with E-state index in [4.69, 9.17) is 14.6 Å². The molecule has 0 aromatic rings. The van der Waals surface area contributed by atoms with E-state index in [1.54, 1.807) is 7.11 Å². The molecule has 0 aromatic heterocycles. The number of likely N-dealkylation sites (tertiary alicyclic amines) is 1. The topological polar surface area (TPSA) is 59.0 Å². The van der Waals surface area contributed by atoms with Gasteiger partial charge in [-0.05, 0) is 25.8 Å². The molecular formula is C12H21NO4. The number of rotatable bonds is 3. The van der Waals surface area contributed by atoms with Gasteiger partial charge in [-0.1, -0.05) is 0 Å². The molecule has 5 nitrogen and oxygen atoms in total. The average molecular weight is 243 g/mol. The smallest absolute Gasteiger partial charge is 0.317 e. The highest BCUT2D eigenvalue weighted by atomic mass is 16.5. The molecule has 0 radical (unpaired) electrons. The van der Waals surface area contributed by atoms with Crippen LogP contribution in [0.4, 0.5) is 0 Å². The first-order chi connectivity index (χ1) is 8.13. The highest BCUT2D eigenvalue weighted by molar-refractivity contribution is 5.69. The van der Waals surface area contributed by atoms with Crippen LogP contribution in [0.15, 0.2) is 0 Å². The standard InChI is InChI=1S/C12H21NO4/c1-16-10-3-6-17-12(7-10)4-2-5-13(9-12)8-11(14)15/h10H,2-9H2,1H3,(H,14,15)/t10-,12+/m1/s1. The van der Waals surface area contributed by atoms with Gasteiger partial charge in [0.1, 0.15) is 0 Å². The molecule has 5 heteroatoms. The zero-order chi connectivity index (χ0) is 12.3. The Morgan fingerprint density at radius 1 is 1.65 bits per heavy atom. The Labute approximate surface area is 102 Å². The van der Waals surface area contributed by atoms with Crippen LogP contribution < -0.4 is 0 Å². The lowest BCUT2D eigenvalue weighted by molar-refractivity contribution is -0.158. The SMILES string of the molecule is CO[C@@H]1CCO[C@@]2(CCCN(CC(=O)O)C2)C1. The van der Waals surface area contributed by atoms with Crippen molar-refractivity contribution < 1.29 is 19.4 Å². The molecule has 98 valence electrons. The highest BCUT2D eigenvalue weighted by Gasteiger charge is 2.41. The largest absolute Gasteiger partial charge is 0.480 e. The maximum Gasteiger partial charge on any atom is 0.317 e. The average Bonchev–Trinajstić information content (AvgIpc) is 2.28. The predicted molar refractivity (Wildman–Crippen MR) is 62.0 cm³/mol. The van der Waals surface area contributed by atoms with Gasteiger partial charge in [0.2, 0.25) is 0 Å². The van der Waals surface area contributed by atoms with Crippen LogP contribution in [0.1, 0.15) is 25.7 Å². The second-order valence-electron chi connectivity index (χ2n) is 5.09. The number of hydrogen-bond acceptors (Lipinski definition) is 4. The molecule has 1 spiro atoms. The van der Waals surface area contributed by atoms with E-state index in [1.807, 2.05) is 4.90 Å². The van der Waals surface area contributed by atoms with Crippen molar-refractivity contribution >= 4 is 5.97 Å². The van der Waals surface area contributed by atoms with Crippen LogP contribution >= 0.6 is 0 Å². The monoisotopic (exact) mass is 243 g/mol. The summed E-state index contributed by atoms with van der Waals surface area (Å²) in [5.74, 6) is -0.763. The zero-order valence-electron chi connectivity index (χ0n) is 10.4. The van der Waals surface area contributed by atoms with Crippen molar-refractivity contribution in [2.45, 2.75) is 37.4 Å². The summed E-state index contributed by atoms with van der Waals surface area (Å²) in [6.07, 6.45) is 4.11. The summed E-state index contributed by atoms with van der Waals surface area (Å²) in [7, 11) is 1.74. The van der Waals surface area contributed by atoms with E-state index in [0.717, 1.165) is 45.4 Å². The molecule has 2 heterocycles. The molecule has 0 aliphatic carbocycles. The lowest BCUT2D eigenvalue weighted by Crippen LogP contribution is -2.54. The number of carbonyl (C=O) groups is 1. The van der Waals surface area contributed by atoms with E-state index in [-0.39, 0.29) is 18.2 Å². The Hall–Kier alpha value is -0.650. The molecule has 1 N–H and O–H groups in total. The predicted octanol–water partition coefficient (Wildman–Crippen LogP) is 0.731. The van der Waals surface area contributed by atoms with E-state index in [1.165, 1.54) is 0 Å². The number of carboxylic acid groups (broad SMARTS) is 1. The minimum absolute atomic E-state index is 0.114. The van der Waals surface area contributed by atoms with E-state index in [2.05, 4.69) is 0 Å². The number of carboxylic acids is 1. The minimum Gasteiger partial charge on any atom is -0.480 e. The molecule has 2 fully saturated rings. The number of nitrogens with zero attached hydrogens (tertiary/aromatic N) is 1. The van der Waals surface area contributed by atoms with Crippen molar-refractivity contribution in [2.24, 2.45) is 0 Å². The summed E-state index contributed by atoms with van der Waals surface area (Å²) in [6, 6.07) is 0. The maximum atomic E-state index is 10.8. The van der Waals surface area contributed by atoms with Crippen LogP contribution in [-0.4, -0.2) is 61.0 Å². The fourth-order valence-corrected chi connectivity index (χ4v) is 2.99. The molecule has 2 aliphatic rings. The number of piperidine rings is 1. The third-order valence-corrected chi connectivity index (χ3v) is 3.76. The van der Waals surface area contributed by atoms with E-state index >= 15 is 0 Å². The third kappa shape index (κ3) is 3.18. The number of aliphatic carboxylic acids is 1. The fourth-order valence-electron chi connectivity index (χ4n) is 2.99. The Balaban J connectivity index is 1.96. The van der Waals surface area contributed by atoms with Gasteiger partial charge in [-0.3, -0.25) is 9.69 Å². The maximum absolute atomic E-state index is 10.8. The summed E-state index contributed by atoms with van der Waals surface area (Å²) in [5.41, 5.74) is -0.174. The van der Waals surface area contributed by atoms with Crippen molar-refractivity contribution in [1.29, 1.82) is 0 Å². The Morgan fingerprint density at radius 2 is 2.47 bits per heavy atom. The Bertz CT molecular complexity index is 280. The molecule has 0 amide bonds. The Kier molecular flexibility index (Phi) is 4.01. The number of methoxy groups -OCH3 is 1. The summed E-state index contributed by atoms with van der Waals surface area (Å²) < 4.78 is 11.4. The number of hydrogen-bond donors (Lipinski definition) is 1. The first-order valence-corrected chi connectivity index (χ1v) is 6.24. The van der Waals surface area contributed by atoms with Gasteiger partial charge in [0.05, 0.1) is 18.2 Å². The first-order valence-electron chi connectivity index (χ1n) is 6.24. The quantitative estimate of drug-likeness (QED) is 0.792. The molecule has 17 heavy (non-hydrogen) atoms. The van der Waals surface area contributed by atoms with Gasteiger partial charge in [0, 0.05) is 26.7 Å². The summed E-state index contributed by atoms with van der Waals surface area (Å²) in [4.78, 5) is 12.7. The van der Waals surface area contributed by atoms with Gasteiger partial charge in [-0.25, -0.2) is 0 Å². The second kappa shape index (κ2) is 5.33. The summed E-state index contributed by atoms with van der Waals surface area (Å²) >= 11 is 0. The van der Waals surface area contributed by atoms with E-state index < -0.39 is 5.97 Å². The van der Waals surface area contributed by atoms with Gasteiger partial charge in [0.25, 0.3) is 0 Å². The van der Waals surface area contributed by atoms with Crippen LogP contribution in [0, 0.1) is 0 Å². The van der Waals surface area contributed by atoms with Crippen molar-refractivity contribution in [3.8, 4) is 0 Å². The molecule has 0 bridgehead atoms. The molecule has 2 atom stereocenters. The highest BCUT2D eigenvalue weighted by Crippen LogP contribution is 2.34. The van der Waals surface area contributed by atoms with Crippen LogP contribution in [-0.2, 0) is 14.3 Å². The van der Waals surface area contributed by atoms with Gasteiger partial charge >= 0.3 is 5.97 Å². The van der Waals surface area contributed by atoms with Crippen molar-refractivity contribution in [3.05, 3.63) is 0 Å². The lowest BCUT2D eigenvalue weighted by atomic mass is 9.84. The summed E-state index contributed by atoms with van der Waals surface area (Å²) in [6.45, 7) is 2.41. The van der Waals surface area contributed by atoms with Crippen molar-refractivity contribution in [3.63, 3.8) is 0 Å². The van der Waals surface area contributed by atoms with Crippen LogP contribution in [0.2, 0.25) is 0 Å². The summed E-state index contributed by atoms with van der Waals surface area (Å²) in [5, 5.41) is 8.84. The molecule has 2 rings (SSSR count). The first kappa shape index (κ1) is 12.8. The van der Waals surface area contributed by atoms with Gasteiger partial charge in [-0.2, -0.15) is 0 Å². The molecule has 0 aromatic carbocycles. The van der Waals surface area contributed by atoms with Crippen molar-refractivity contribution in [1.82, 2.24) is 4.90 Å². The number of ether oxygens (including phenoxy) is 2. The normalized spacial score (nSPS) is 35.0. The molecule has 2 aliphatic heterocycles. The second-order valence-corrected chi connectivity index (χ2v) is 5.09. The van der Waals surface area contributed by atoms with Gasteiger partial charge < -0.3 is 14.6 Å². The van der Waals surface area contributed by atoms with Crippen LogP contribution in [0.5, 0.6) is 0 Å². The fraction of sp³-hybridized carbons (Fsp3) is 0.917. The third-order valence-electron chi connectivity index (χ3n) is 3.76. The van der Waals surface area contributed by atoms with Crippen LogP contribution in [0.25, 0.3) is 0 Å². The van der Waals surface area contributed by atoms with Crippen molar-refractivity contribution in [2.75, 3.05) is 33.4 Å². The molecular weight excluding hydrogens is 222 g/mol. The molecule has 2 saturated heterocycles. The Morgan fingerprint density at radius 3 is 3.18 bits per heavy atom. The zero-order valence-corrected chi connectivity index (χ0v) is 10.4.